The molecule has 1 saturated heterocycles. The molecule has 0 saturated carbocycles. The van der Waals surface area contributed by atoms with Crippen LogP contribution < -0.4 is 20.7 Å². The lowest BCUT2D eigenvalue weighted by Gasteiger charge is -2.24. The zero-order chi connectivity index (χ0) is 18.4. The van der Waals surface area contributed by atoms with E-state index in [1.54, 1.807) is 7.05 Å². The molecule has 0 aliphatic carbocycles. The molecule has 1 fully saturated rings. The summed E-state index contributed by atoms with van der Waals surface area (Å²) in [6.07, 6.45) is 3.47. The molecule has 1 amide bonds. The van der Waals surface area contributed by atoms with Crippen molar-refractivity contribution < 1.29 is 14.3 Å². The molecule has 0 spiro atoms. The average molecular weight is 360 g/mol. The molecule has 1 aromatic carbocycles. The van der Waals surface area contributed by atoms with Gasteiger partial charge in [0.1, 0.15) is 12.4 Å². The molecule has 3 rings (SSSR count). The maximum atomic E-state index is 11.4. The largest absolute Gasteiger partial charge is 0.492 e. The Bertz CT molecular complexity index is 669. The van der Waals surface area contributed by atoms with E-state index in [1.807, 2.05) is 18.2 Å². The lowest BCUT2D eigenvalue weighted by Crippen LogP contribution is -2.46. The number of fused-ring (bicyclic) bond motifs is 1. The summed E-state index contributed by atoms with van der Waals surface area (Å²) in [6, 6.07) is 5.79. The van der Waals surface area contributed by atoms with Gasteiger partial charge in [0.2, 0.25) is 5.91 Å². The Labute approximate surface area is 154 Å². The molecule has 2 aliphatic heterocycles. The van der Waals surface area contributed by atoms with E-state index in [1.165, 1.54) is 0 Å². The summed E-state index contributed by atoms with van der Waals surface area (Å²) in [5.74, 6) is 1.64. The Hall–Kier alpha value is -2.28. The molecule has 0 radical (unpaired) electrons. The molecule has 7 nitrogen and oxygen atoms in total. The first-order chi connectivity index (χ1) is 12.6. The van der Waals surface area contributed by atoms with Crippen LogP contribution in [0.5, 0.6) is 5.75 Å². The molecule has 3 N–H and O–H groups in total. The van der Waals surface area contributed by atoms with E-state index in [9.17, 15) is 4.79 Å². The van der Waals surface area contributed by atoms with Gasteiger partial charge in [-0.1, -0.05) is 0 Å². The number of benzene rings is 1. The second-order valence-corrected chi connectivity index (χ2v) is 6.97. The van der Waals surface area contributed by atoms with Crippen molar-refractivity contribution in [2.45, 2.75) is 38.2 Å². The zero-order valence-corrected chi connectivity index (χ0v) is 15.6. The number of nitrogens with one attached hydrogen (secondary N) is 3. The topological polar surface area (TPSA) is 84.0 Å². The van der Waals surface area contributed by atoms with Gasteiger partial charge in [-0.3, -0.25) is 9.79 Å². The Morgan fingerprint density at radius 3 is 3.04 bits per heavy atom. The van der Waals surface area contributed by atoms with Crippen molar-refractivity contribution in [3.63, 3.8) is 0 Å². The number of carbonyl (C=O) groups excluding carboxylic acids is 1. The summed E-state index contributed by atoms with van der Waals surface area (Å²) in [7, 11) is 1.76. The van der Waals surface area contributed by atoms with E-state index in [0.29, 0.717) is 19.6 Å². The number of amides is 1. The SMILES string of the molecule is CN=C(NCCOc1ccc2c(c1)CCC(=O)N2)NCC1(C)CCCO1. The van der Waals surface area contributed by atoms with Gasteiger partial charge >= 0.3 is 0 Å². The number of ether oxygens (including phenoxy) is 2. The van der Waals surface area contributed by atoms with Crippen molar-refractivity contribution in [2.24, 2.45) is 4.99 Å². The minimum Gasteiger partial charge on any atom is -0.492 e. The third-order valence-corrected chi connectivity index (χ3v) is 4.79. The number of carbonyl (C=O) groups is 1. The molecule has 0 bridgehead atoms. The third-order valence-electron chi connectivity index (χ3n) is 4.79. The van der Waals surface area contributed by atoms with Crippen LogP contribution in [0, 0.1) is 0 Å². The van der Waals surface area contributed by atoms with E-state index in [2.05, 4.69) is 27.9 Å². The van der Waals surface area contributed by atoms with Crippen LogP contribution >= 0.6 is 0 Å². The van der Waals surface area contributed by atoms with Crippen molar-refractivity contribution in [1.82, 2.24) is 10.6 Å². The second kappa shape index (κ2) is 8.40. The lowest BCUT2D eigenvalue weighted by atomic mass is 10.0. The van der Waals surface area contributed by atoms with Crippen LogP contribution in [0.1, 0.15) is 31.7 Å². The number of nitrogens with zero attached hydrogens (tertiary/aromatic N) is 1. The maximum absolute atomic E-state index is 11.4. The Morgan fingerprint density at radius 1 is 1.38 bits per heavy atom. The van der Waals surface area contributed by atoms with Gasteiger partial charge in [0, 0.05) is 32.3 Å². The molecule has 1 unspecified atom stereocenters. The molecule has 142 valence electrons. The lowest BCUT2D eigenvalue weighted by molar-refractivity contribution is -0.116. The fourth-order valence-electron chi connectivity index (χ4n) is 3.26. The number of anilines is 1. The third kappa shape index (κ3) is 4.88. The Kier molecular flexibility index (Phi) is 5.98. The first-order valence-electron chi connectivity index (χ1n) is 9.22. The molecule has 1 aromatic rings. The quantitative estimate of drug-likeness (QED) is 0.408. The second-order valence-electron chi connectivity index (χ2n) is 6.97. The highest BCUT2D eigenvalue weighted by atomic mass is 16.5. The van der Waals surface area contributed by atoms with Gasteiger partial charge in [-0.2, -0.15) is 0 Å². The van der Waals surface area contributed by atoms with Crippen molar-refractivity contribution in [1.29, 1.82) is 0 Å². The molecule has 0 aromatic heterocycles. The number of aliphatic imine (C=N–C) groups is 1. The van der Waals surface area contributed by atoms with Gasteiger partial charge in [-0.05, 0) is 49.9 Å². The fourth-order valence-corrected chi connectivity index (χ4v) is 3.26. The molecular formula is C19H28N4O3. The summed E-state index contributed by atoms with van der Waals surface area (Å²) < 4.78 is 11.6. The van der Waals surface area contributed by atoms with Crippen molar-refractivity contribution in [2.75, 3.05) is 38.7 Å². The van der Waals surface area contributed by atoms with Crippen LogP contribution in [0.25, 0.3) is 0 Å². The van der Waals surface area contributed by atoms with Gasteiger partial charge in [0.15, 0.2) is 5.96 Å². The average Bonchev–Trinajstić information content (AvgIpc) is 3.08. The van der Waals surface area contributed by atoms with Crippen LogP contribution in [-0.4, -0.2) is 50.8 Å². The van der Waals surface area contributed by atoms with Gasteiger partial charge in [-0.15, -0.1) is 0 Å². The van der Waals surface area contributed by atoms with E-state index in [4.69, 9.17) is 9.47 Å². The number of hydrogen-bond donors (Lipinski definition) is 3. The molecule has 2 heterocycles. The fraction of sp³-hybridized carbons (Fsp3) is 0.579. The summed E-state index contributed by atoms with van der Waals surface area (Å²) in [5, 5.41) is 9.44. The first-order valence-corrected chi connectivity index (χ1v) is 9.22. The highest BCUT2D eigenvalue weighted by Crippen LogP contribution is 2.26. The molecular weight excluding hydrogens is 332 g/mol. The van der Waals surface area contributed by atoms with Crippen LogP contribution in [0.2, 0.25) is 0 Å². The summed E-state index contributed by atoms with van der Waals surface area (Å²) in [4.78, 5) is 15.6. The van der Waals surface area contributed by atoms with Crippen LogP contribution in [0.15, 0.2) is 23.2 Å². The summed E-state index contributed by atoms with van der Waals surface area (Å²) >= 11 is 0. The standard InChI is InChI=1S/C19H28N4O3/c1-19(8-3-10-26-19)13-22-18(20-2)21-9-11-25-15-5-6-16-14(12-15)4-7-17(24)23-16/h5-6,12H,3-4,7-11,13H2,1-2H3,(H,23,24)(H2,20,21,22). The van der Waals surface area contributed by atoms with Gasteiger partial charge < -0.3 is 25.4 Å². The minimum absolute atomic E-state index is 0.0751. The number of hydrogen-bond acceptors (Lipinski definition) is 4. The molecule has 1 atom stereocenters. The Morgan fingerprint density at radius 2 is 2.27 bits per heavy atom. The molecule has 7 heteroatoms. The predicted octanol–water partition coefficient (Wildman–Crippen LogP) is 1.68. The van der Waals surface area contributed by atoms with Crippen LogP contribution in [0.3, 0.4) is 0 Å². The predicted molar refractivity (Wildman–Crippen MR) is 102 cm³/mol. The normalized spacial score (nSPS) is 22.5. The number of aryl methyl sites for hydroxylation is 1. The number of guanidine groups is 1. The summed E-state index contributed by atoms with van der Waals surface area (Å²) in [6.45, 7) is 4.87. The molecule has 2 aliphatic rings. The van der Waals surface area contributed by atoms with Crippen molar-refractivity contribution in [3.05, 3.63) is 23.8 Å². The smallest absolute Gasteiger partial charge is 0.224 e. The van der Waals surface area contributed by atoms with Gasteiger partial charge in [-0.25, -0.2) is 0 Å². The number of rotatable bonds is 6. The maximum Gasteiger partial charge on any atom is 0.224 e. The van der Waals surface area contributed by atoms with E-state index < -0.39 is 0 Å². The van der Waals surface area contributed by atoms with Crippen LogP contribution in [-0.2, 0) is 16.0 Å². The van der Waals surface area contributed by atoms with E-state index in [0.717, 1.165) is 55.4 Å². The highest BCUT2D eigenvalue weighted by molar-refractivity contribution is 5.94. The monoisotopic (exact) mass is 360 g/mol. The van der Waals surface area contributed by atoms with E-state index in [-0.39, 0.29) is 11.5 Å². The zero-order valence-electron chi connectivity index (χ0n) is 15.6. The van der Waals surface area contributed by atoms with Crippen molar-refractivity contribution in [3.8, 4) is 5.75 Å². The minimum atomic E-state index is -0.104. The van der Waals surface area contributed by atoms with Gasteiger partial charge in [0.05, 0.1) is 12.1 Å². The highest BCUT2D eigenvalue weighted by Gasteiger charge is 2.29. The molecule has 26 heavy (non-hydrogen) atoms. The van der Waals surface area contributed by atoms with E-state index >= 15 is 0 Å². The Balaban J connectivity index is 1.39. The van der Waals surface area contributed by atoms with Crippen molar-refractivity contribution >= 4 is 17.6 Å². The first kappa shape index (κ1) is 18.5. The van der Waals surface area contributed by atoms with Crippen LogP contribution in [0.4, 0.5) is 5.69 Å². The summed E-state index contributed by atoms with van der Waals surface area (Å²) in [5.41, 5.74) is 1.91. The van der Waals surface area contributed by atoms with Gasteiger partial charge in [0.25, 0.3) is 0 Å².